The van der Waals surface area contributed by atoms with Crippen LogP contribution in [0.3, 0.4) is 0 Å². The Balaban J connectivity index is 2.18. The SMILES string of the molecule is [2H]c1c([2H])c([2H])c(-c2c([2H])c([2H])c3c(c2[2H])c2c([2H])c([2H])c([2H])c([2H])c2n3-c2c([2H])c([2H])c([2H])c(C)c2[2H])c([2H])c1[2H]. The summed E-state index contributed by atoms with van der Waals surface area (Å²) in [4.78, 5) is 0. The van der Waals surface area contributed by atoms with E-state index in [2.05, 4.69) is 0 Å². The van der Waals surface area contributed by atoms with E-state index in [9.17, 15) is 0 Å². The molecule has 0 spiro atoms. The summed E-state index contributed by atoms with van der Waals surface area (Å²) in [5.41, 5.74) is -2.23. The smallest absolute Gasteiger partial charge is 0.0648 e. The first-order valence-electron chi connectivity index (χ1n) is 15.7. The fourth-order valence-electron chi connectivity index (χ4n) is 2.77. The van der Waals surface area contributed by atoms with Gasteiger partial charge in [-0.15, -0.1) is 0 Å². The lowest BCUT2D eigenvalue weighted by atomic mass is 10.0. The van der Waals surface area contributed by atoms with Crippen LogP contribution in [0.1, 0.15) is 27.5 Å². The van der Waals surface area contributed by atoms with Crippen LogP contribution in [-0.2, 0) is 0 Å². The highest BCUT2D eigenvalue weighted by Gasteiger charge is 2.12. The fraction of sp³-hybridized carbons (Fsp3) is 0.0400. The van der Waals surface area contributed by atoms with Gasteiger partial charge in [0.05, 0.1) is 33.0 Å². The highest BCUT2D eigenvalue weighted by molar-refractivity contribution is 6.10. The maximum atomic E-state index is 9.11. The Hall–Kier alpha value is -3.32. The Bertz CT molecular complexity index is 2000. The molecule has 0 N–H and O–H groups in total. The molecule has 0 bridgehead atoms. The summed E-state index contributed by atoms with van der Waals surface area (Å²) in [7, 11) is 0. The number of nitrogens with zero attached hydrogens (tertiary/aromatic N) is 1. The second kappa shape index (κ2) is 5.89. The van der Waals surface area contributed by atoms with Crippen molar-refractivity contribution in [3.05, 3.63) is 102 Å². The summed E-state index contributed by atoms with van der Waals surface area (Å²) in [6.45, 7) is 1.36. The summed E-state index contributed by atoms with van der Waals surface area (Å²) >= 11 is 0. The minimum atomic E-state index is -0.761. The monoisotopic (exact) mass is 349 g/mol. The normalized spacial score (nSPS) is 19.9. The number of rotatable bonds is 2. The maximum Gasteiger partial charge on any atom is 0.0648 e. The van der Waals surface area contributed by atoms with Crippen LogP contribution in [0.2, 0.25) is 0 Å². The standard InChI is InChI=1S/C25H19N/c1-18-8-7-11-21(16-18)26-24-13-6-5-12-22(24)23-17-20(14-15-25(23)26)19-9-3-2-4-10-19/h2-17H,1H3/i2D,3D,4D,5D,6D,7D,8D,9D,10D,11D,12D,13D,14D,15D,16D,17D. The van der Waals surface area contributed by atoms with Crippen LogP contribution in [0.5, 0.6) is 0 Å². The van der Waals surface area contributed by atoms with Crippen molar-refractivity contribution in [2.24, 2.45) is 0 Å². The van der Waals surface area contributed by atoms with Gasteiger partial charge in [0.25, 0.3) is 0 Å². The Morgan fingerprint density at radius 1 is 0.615 bits per heavy atom. The molecule has 1 aromatic heterocycles. The molecule has 0 saturated carbocycles. The number of aromatic nitrogens is 1. The van der Waals surface area contributed by atoms with Crippen LogP contribution >= 0.6 is 0 Å². The zero-order valence-electron chi connectivity index (χ0n) is 29.4. The summed E-state index contributed by atoms with van der Waals surface area (Å²) in [6, 6.07) is -10.6. The van der Waals surface area contributed by atoms with Crippen molar-refractivity contribution < 1.29 is 21.9 Å². The molecule has 0 radical (unpaired) electrons. The molecular formula is C25H19N. The Morgan fingerprint density at radius 3 is 2.27 bits per heavy atom. The number of para-hydroxylation sites is 1. The predicted molar refractivity (Wildman–Crippen MR) is 111 cm³/mol. The van der Waals surface area contributed by atoms with Crippen LogP contribution < -0.4 is 0 Å². The van der Waals surface area contributed by atoms with Crippen molar-refractivity contribution in [3.8, 4) is 16.8 Å². The molecule has 4 aromatic carbocycles. The molecule has 5 rings (SSSR count). The first-order chi connectivity index (χ1) is 19.5. The van der Waals surface area contributed by atoms with Gasteiger partial charge in [-0.3, -0.25) is 0 Å². The van der Waals surface area contributed by atoms with Crippen molar-refractivity contribution in [2.45, 2.75) is 6.92 Å². The van der Waals surface area contributed by atoms with Crippen molar-refractivity contribution in [1.29, 1.82) is 0 Å². The van der Waals surface area contributed by atoms with E-state index in [-0.39, 0.29) is 27.4 Å². The van der Waals surface area contributed by atoms with Crippen molar-refractivity contribution >= 4 is 21.8 Å². The summed E-state index contributed by atoms with van der Waals surface area (Å²) < 4.78 is 136. The van der Waals surface area contributed by atoms with Crippen LogP contribution in [-0.4, -0.2) is 4.57 Å². The molecule has 1 heterocycles. The number of hydrogen-bond donors (Lipinski definition) is 0. The van der Waals surface area contributed by atoms with Gasteiger partial charge >= 0.3 is 0 Å². The molecule has 1 nitrogen and oxygen atoms in total. The molecular weight excluding hydrogens is 314 g/mol. The third-order valence-corrected chi connectivity index (χ3v) is 3.87. The first-order valence-corrected chi connectivity index (χ1v) is 7.67. The highest BCUT2D eigenvalue weighted by Crippen LogP contribution is 2.34. The molecule has 0 aliphatic carbocycles. The fourth-order valence-corrected chi connectivity index (χ4v) is 2.77. The van der Waals surface area contributed by atoms with Crippen LogP contribution in [0.4, 0.5) is 0 Å². The third-order valence-electron chi connectivity index (χ3n) is 3.87. The molecule has 0 unspecified atom stereocenters. The predicted octanol–water partition coefficient (Wildman–Crippen LogP) is 6.76. The quantitative estimate of drug-likeness (QED) is 0.332. The lowest BCUT2D eigenvalue weighted by molar-refractivity contribution is 1.17. The Morgan fingerprint density at radius 2 is 1.38 bits per heavy atom. The van der Waals surface area contributed by atoms with Crippen molar-refractivity contribution in [2.75, 3.05) is 0 Å². The molecule has 124 valence electrons. The molecule has 0 fully saturated rings. The highest BCUT2D eigenvalue weighted by atomic mass is 15.0. The topological polar surface area (TPSA) is 4.93 Å². The summed E-state index contributed by atoms with van der Waals surface area (Å²) in [6.07, 6.45) is 0. The van der Waals surface area contributed by atoms with E-state index < -0.39 is 113 Å². The van der Waals surface area contributed by atoms with Crippen LogP contribution in [0.25, 0.3) is 38.6 Å². The van der Waals surface area contributed by atoms with E-state index in [0.717, 1.165) is 4.57 Å². The average molecular weight is 350 g/mol. The number of fused-ring (bicyclic) bond motifs is 3. The Labute approximate surface area is 175 Å². The average Bonchev–Trinajstić information content (AvgIpc) is 3.31. The number of benzene rings is 4. The van der Waals surface area contributed by atoms with E-state index in [1.54, 1.807) is 0 Å². The van der Waals surface area contributed by atoms with Gasteiger partial charge in [0.15, 0.2) is 0 Å². The third kappa shape index (κ3) is 2.33. The Kier molecular flexibility index (Phi) is 1.33. The summed E-state index contributed by atoms with van der Waals surface area (Å²) in [5, 5.41) is -0.654. The molecule has 0 atom stereocenters. The van der Waals surface area contributed by atoms with E-state index in [1.807, 2.05) is 0 Å². The van der Waals surface area contributed by atoms with Crippen LogP contribution in [0.15, 0.2) is 96.7 Å². The van der Waals surface area contributed by atoms with Gasteiger partial charge < -0.3 is 4.57 Å². The van der Waals surface area contributed by atoms with Crippen molar-refractivity contribution in [1.82, 2.24) is 4.57 Å². The molecule has 1 heteroatoms. The second-order valence-corrected chi connectivity index (χ2v) is 5.51. The number of hydrogen-bond acceptors (Lipinski definition) is 0. The first kappa shape index (κ1) is 5.85. The zero-order valence-corrected chi connectivity index (χ0v) is 13.4. The van der Waals surface area contributed by atoms with Crippen molar-refractivity contribution in [3.63, 3.8) is 0 Å². The molecule has 0 aliphatic heterocycles. The molecule has 26 heavy (non-hydrogen) atoms. The van der Waals surface area contributed by atoms with E-state index in [4.69, 9.17) is 21.9 Å². The summed E-state index contributed by atoms with van der Waals surface area (Å²) in [5.74, 6) is 0. The van der Waals surface area contributed by atoms with E-state index in [1.165, 1.54) is 6.92 Å². The lowest BCUT2D eigenvalue weighted by Crippen LogP contribution is -1.93. The maximum absolute atomic E-state index is 9.11. The van der Waals surface area contributed by atoms with Gasteiger partial charge in [-0.25, -0.2) is 0 Å². The van der Waals surface area contributed by atoms with E-state index >= 15 is 0 Å². The molecule has 0 amide bonds. The van der Waals surface area contributed by atoms with Gasteiger partial charge in [-0.05, 0) is 53.8 Å². The minimum Gasteiger partial charge on any atom is -0.309 e. The molecule has 0 aliphatic rings. The minimum absolute atomic E-state index is 0.0266. The largest absolute Gasteiger partial charge is 0.309 e. The van der Waals surface area contributed by atoms with Gasteiger partial charge in [-0.1, -0.05) is 66.5 Å². The zero-order chi connectivity index (χ0) is 31.4. The second-order valence-electron chi connectivity index (χ2n) is 5.51. The lowest BCUT2D eigenvalue weighted by Gasteiger charge is -2.09. The van der Waals surface area contributed by atoms with E-state index in [0.29, 0.717) is 0 Å². The van der Waals surface area contributed by atoms with Crippen LogP contribution in [0, 0.1) is 6.92 Å². The van der Waals surface area contributed by atoms with Gasteiger partial charge in [0, 0.05) is 16.5 Å². The molecule has 0 saturated heterocycles. The van der Waals surface area contributed by atoms with Gasteiger partial charge in [-0.2, -0.15) is 0 Å². The molecule has 5 aromatic rings. The van der Waals surface area contributed by atoms with Gasteiger partial charge in [0.1, 0.15) is 0 Å². The van der Waals surface area contributed by atoms with Gasteiger partial charge in [0.2, 0.25) is 0 Å².